The number of halogens is 1. The number of nitrogens with one attached hydrogen (secondary N) is 3. The predicted octanol–water partition coefficient (Wildman–Crippen LogP) is 4.11. The quantitative estimate of drug-likeness (QED) is 0.484. The molecular weight excluding hydrogens is 411 g/mol. The normalized spacial score (nSPS) is 32.4. The van der Waals surface area contributed by atoms with Gasteiger partial charge < -0.3 is 15.0 Å². The number of amides is 2. The average molecular weight is 441 g/mol. The number of carbonyl (C=O) groups is 1. The fourth-order valence-electron chi connectivity index (χ4n) is 5.81. The lowest BCUT2D eigenvalue weighted by Gasteiger charge is -2.62. The third-order valence-corrected chi connectivity index (χ3v) is 7.24. The zero-order valence-electron chi connectivity index (χ0n) is 18.4. The van der Waals surface area contributed by atoms with Crippen molar-refractivity contribution >= 4 is 23.4 Å². The molecule has 1 aromatic heterocycles. The highest BCUT2D eigenvalue weighted by Crippen LogP contribution is 2.54. The van der Waals surface area contributed by atoms with Gasteiger partial charge in [0.15, 0.2) is 17.5 Å². The lowest BCUT2D eigenvalue weighted by atomic mass is 9.64. The summed E-state index contributed by atoms with van der Waals surface area (Å²) < 4.78 is 18.6. The molecule has 4 aliphatic rings. The molecule has 1 saturated heterocycles. The van der Waals surface area contributed by atoms with Crippen molar-refractivity contribution in [2.45, 2.75) is 58.0 Å². The summed E-state index contributed by atoms with van der Waals surface area (Å²) in [6, 6.07) is -0.176. The number of urea groups is 1. The predicted molar refractivity (Wildman–Crippen MR) is 118 cm³/mol. The summed E-state index contributed by atoms with van der Waals surface area (Å²) in [5.74, 6) is 0.835. The topological polar surface area (TPSA) is 115 Å². The molecular formula is C23H29FN6O2. The van der Waals surface area contributed by atoms with Crippen LogP contribution in [0.1, 0.15) is 53.7 Å². The largest absolute Gasteiger partial charge is 0.428 e. The van der Waals surface area contributed by atoms with Gasteiger partial charge in [0.25, 0.3) is 0 Å². The van der Waals surface area contributed by atoms with Crippen LogP contribution in [0.2, 0.25) is 0 Å². The van der Waals surface area contributed by atoms with Gasteiger partial charge >= 0.3 is 6.03 Å². The second kappa shape index (κ2) is 7.21. The maximum Gasteiger partial charge on any atom is 0.322 e. The molecule has 3 N–H and O–H groups in total. The molecule has 2 heterocycles. The first-order valence-electron chi connectivity index (χ1n) is 11.0. The van der Waals surface area contributed by atoms with Crippen LogP contribution in [0.25, 0.3) is 5.57 Å². The van der Waals surface area contributed by atoms with E-state index in [1.807, 2.05) is 13.0 Å². The summed E-state index contributed by atoms with van der Waals surface area (Å²) in [6.45, 7) is 5.66. The molecule has 5 atom stereocenters. The van der Waals surface area contributed by atoms with Crippen molar-refractivity contribution < 1.29 is 15.3 Å². The highest BCUT2D eigenvalue weighted by atomic mass is 19.1. The Labute approximate surface area is 187 Å². The van der Waals surface area contributed by atoms with Crippen molar-refractivity contribution in [1.29, 1.82) is 10.8 Å². The Morgan fingerprint density at radius 1 is 1.28 bits per heavy atom. The zero-order chi connectivity index (χ0) is 22.8. The van der Waals surface area contributed by atoms with Crippen LogP contribution < -0.4 is 5.32 Å². The van der Waals surface area contributed by atoms with Crippen molar-refractivity contribution in [3.63, 3.8) is 0 Å². The standard InChI is InChI=1S/C23H27FN6O2.H2/c1-11-4-15-8-23(7-11,21(26)32-13(3)25)30(15)22(31)29-19-6-17(12(2)16-5-18(16)19)20-27-9-14(24)10-28-20;/h6,9-11,15-16,18,25-26H,4-5,7-8H2,1-3H3,(H,29,31);1H. The second-order valence-corrected chi connectivity index (χ2v) is 9.59. The Hall–Kier alpha value is -3.10. The van der Waals surface area contributed by atoms with E-state index in [0.717, 1.165) is 42.1 Å². The molecule has 5 rings (SSSR count). The van der Waals surface area contributed by atoms with Crippen molar-refractivity contribution in [3.05, 3.63) is 41.4 Å². The van der Waals surface area contributed by atoms with Crippen LogP contribution in [0.15, 0.2) is 29.7 Å². The first-order valence-corrected chi connectivity index (χ1v) is 11.0. The summed E-state index contributed by atoms with van der Waals surface area (Å²) in [5, 5.41) is 19.2. The molecule has 2 saturated carbocycles. The Kier molecular flexibility index (Phi) is 4.69. The van der Waals surface area contributed by atoms with Crippen molar-refractivity contribution in [2.24, 2.45) is 17.8 Å². The fraction of sp³-hybridized carbons (Fsp3) is 0.522. The summed E-state index contributed by atoms with van der Waals surface area (Å²) in [4.78, 5) is 23.4. The molecule has 1 aliphatic heterocycles. The van der Waals surface area contributed by atoms with E-state index in [1.54, 1.807) is 4.90 Å². The Bertz CT molecular complexity index is 1090. The number of likely N-dealkylation sites (tertiary alicyclic amines) is 1. The Morgan fingerprint density at radius 2 is 2.00 bits per heavy atom. The van der Waals surface area contributed by atoms with Crippen molar-refractivity contribution in [2.75, 3.05) is 0 Å². The number of piperidine rings is 1. The summed E-state index contributed by atoms with van der Waals surface area (Å²) in [5.41, 5.74) is 2.00. The van der Waals surface area contributed by atoms with Gasteiger partial charge in [0.2, 0.25) is 5.90 Å². The highest BCUT2D eigenvalue weighted by molar-refractivity contribution is 5.98. The first kappa shape index (κ1) is 20.8. The number of allylic oxidation sites excluding steroid dienone is 4. The van der Waals surface area contributed by atoms with E-state index in [9.17, 15) is 9.18 Å². The number of carbonyl (C=O) groups excluding carboxylic acids is 1. The van der Waals surface area contributed by atoms with E-state index in [2.05, 4.69) is 22.2 Å². The minimum absolute atomic E-state index is 0. The summed E-state index contributed by atoms with van der Waals surface area (Å²) in [7, 11) is 0. The van der Waals surface area contributed by atoms with Crippen LogP contribution in [0.3, 0.4) is 0 Å². The average Bonchev–Trinajstić information content (AvgIpc) is 3.51. The molecule has 1 aromatic rings. The molecule has 5 unspecified atom stereocenters. The molecule has 0 aromatic carbocycles. The minimum Gasteiger partial charge on any atom is -0.428 e. The van der Waals surface area contributed by atoms with Gasteiger partial charge in [0.05, 0.1) is 12.4 Å². The number of aromatic nitrogens is 2. The number of hydrogen-bond donors (Lipinski definition) is 3. The van der Waals surface area contributed by atoms with Crippen LogP contribution in [0.4, 0.5) is 9.18 Å². The molecule has 32 heavy (non-hydrogen) atoms. The lowest BCUT2D eigenvalue weighted by molar-refractivity contribution is -0.0575. The van der Waals surface area contributed by atoms with Crippen molar-refractivity contribution in [3.8, 4) is 0 Å². The van der Waals surface area contributed by atoms with Gasteiger partial charge in [-0.25, -0.2) is 19.2 Å². The minimum atomic E-state index is -0.790. The van der Waals surface area contributed by atoms with Crippen molar-refractivity contribution in [1.82, 2.24) is 20.2 Å². The van der Waals surface area contributed by atoms with E-state index < -0.39 is 11.4 Å². The number of fused-ring (bicyclic) bond motifs is 3. The van der Waals surface area contributed by atoms with E-state index >= 15 is 0 Å². The maximum absolute atomic E-state index is 13.4. The Morgan fingerprint density at radius 3 is 2.69 bits per heavy atom. The molecule has 8 nitrogen and oxygen atoms in total. The molecule has 9 heteroatoms. The monoisotopic (exact) mass is 440 g/mol. The van der Waals surface area contributed by atoms with Gasteiger partial charge in [0, 0.05) is 38.0 Å². The first-order chi connectivity index (χ1) is 15.2. The molecule has 2 amide bonds. The number of nitrogens with zero attached hydrogens (tertiary/aromatic N) is 3. The highest BCUT2D eigenvalue weighted by Gasteiger charge is 2.62. The molecule has 170 valence electrons. The Balaban J connectivity index is 0.00000259. The number of hydrogen-bond acceptors (Lipinski definition) is 6. The van der Waals surface area contributed by atoms with Gasteiger partial charge in [-0.15, -0.1) is 0 Å². The molecule has 2 bridgehead atoms. The molecule has 3 fully saturated rings. The maximum atomic E-state index is 13.4. The lowest BCUT2D eigenvalue weighted by Crippen LogP contribution is -2.76. The summed E-state index contributed by atoms with van der Waals surface area (Å²) in [6.07, 6.45) is 7.39. The van der Waals surface area contributed by atoms with E-state index in [-0.39, 0.29) is 31.2 Å². The van der Waals surface area contributed by atoms with Crippen LogP contribution in [0.5, 0.6) is 0 Å². The fourth-order valence-corrected chi connectivity index (χ4v) is 5.81. The molecule has 0 spiro atoms. The smallest absolute Gasteiger partial charge is 0.322 e. The van der Waals surface area contributed by atoms with E-state index in [4.69, 9.17) is 15.6 Å². The van der Waals surface area contributed by atoms with E-state index in [0.29, 0.717) is 30.5 Å². The van der Waals surface area contributed by atoms with Gasteiger partial charge in [-0.3, -0.25) is 10.8 Å². The van der Waals surface area contributed by atoms with Gasteiger partial charge in [-0.2, -0.15) is 0 Å². The van der Waals surface area contributed by atoms with Crippen LogP contribution in [-0.2, 0) is 4.74 Å². The van der Waals surface area contributed by atoms with Gasteiger partial charge in [-0.1, -0.05) is 12.5 Å². The van der Waals surface area contributed by atoms with Gasteiger partial charge in [-0.05, 0) is 44.1 Å². The third kappa shape index (κ3) is 3.22. The second-order valence-electron chi connectivity index (χ2n) is 9.59. The number of ether oxygens (including phenoxy) is 1. The molecule has 3 aliphatic carbocycles. The molecule has 0 radical (unpaired) electrons. The van der Waals surface area contributed by atoms with Crippen LogP contribution >= 0.6 is 0 Å². The van der Waals surface area contributed by atoms with Crippen LogP contribution in [0, 0.1) is 34.4 Å². The zero-order valence-corrected chi connectivity index (χ0v) is 18.4. The van der Waals surface area contributed by atoms with E-state index in [1.165, 1.54) is 6.92 Å². The summed E-state index contributed by atoms with van der Waals surface area (Å²) >= 11 is 0. The van der Waals surface area contributed by atoms with Gasteiger partial charge in [0.1, 0.15) is 5.54 Å². The number of rotatable bonds is 3. The SMILES string of the molecule is CC(=N)OC(=N)C12CC(C)CC(C1)N2C(=O)NC1=CC(c2ncc(F)cn2)=C(C)C2CC12.[HH]. The van der Waals surface area contributed by atoms with Crippen LogP contribution in [-0.4, -0.2) is 44.3 Å². The third-order valence-electron chi connectivity index (χ3n) is 7.24.